The van der Waals surface area contributed by atoms with E-state index in [-0.39, 0.29) is 41.3 Å². The Morgan fingerprint density at radius 1 is 1.17 bits per heavy atom. The van der Waals surface area contributed by atoms with Crippen LogP contribution in [0.15, 0.2) is 42.6 Å². The molecule has 0 saturated carbocycles. The zero-order chi connectivity index (χ0) is 24.9. The van der Waals surface area contributed by atoms with Crippen molar-refractivity contribution in [1.82, 2.24) is 19.7 Å². The highest BCUT2D eigenvalue weighted by atomic mass is 19.1. The van der Waals surface area contributed by atoms with Crippen LogP contribution in [-0.4, -0.2) is 71.1 Å². The first kappa shape index (κ1) is 23.9. The van der Waals surface area contributed by atoms with E-state index in [2.05, 4.69) is 15.4 Å². The summed E-state index contributed by atoms with van der Waals surface area (Å²) in [5, 5.41) is 6.72. The summed E-state index contributed by atoms with van der Waals surface area (Å²) in [6.07, 6.45) is 0.324. The number of aromatic nitrogens is 3. The summed E-state index contributed by atoms with van der Waals surface area (Å²) in [7, 11) is 3.36. The van der Waals surface area contributed by atoms with Crippen molar-refractivity contribution in [2.45, 2.75) is 6.10 Å². The number of fused-ring (bicyclic) bond motifs is 1. The van der Waals surface area contributed by atoms with Gasteiger partial charge >= 0.3 is 0 Å². The van der Waals surface area contributed by atoms with Crippen molar-refractivity contribution in [3.63, 3.8) is 0 Å². The lowest BCUT2D eigenvalue weighted by atomic mass is 10.2. The molecule has 1 aliphatic rings. The molecule has 3 heterocycles. The molecule has 0 aliphatic carbocycles. The minimum atomic E-state index is -1.33. The molecule has 0 atom stereocenters. The molecule has 12 heteroatoms. The van der Waals surface area contributed by atoms with Crippen LogP contribution in [0.5, 0.6) is 23.3 Å². The van der Waals surface area contributed by atoms with Crippen LogP contribution in [-0.2, 0) is 7.05 Å². The number of pyridine rings is 1. The molecular formula is C23H23F2N5O5. The van der Waals surface area contributed by atoms with Crippen LogP contribution < -0.4 is 19.5 Å². The summed E-state index contributed by atoms with van der Waals surface area (Å²) in [6, 6.07) is 8.74. The van der Waals surface area contributed by atoms with Crippen molar-refractivity contribution >= 4 is 17.6 Å². The average Bonchev–Trinajstić information content (AvgIpc) is 3.20. The molecule has 1 aromatic carbocycles. The minimum absolute atomic E-state index is 0.0248. The van der Waals surface area contributed by atoms with Crippen molar-refractivity contribution in [2.24, 2.45) is 7.05 Å². The van der Waals surface area contributed by atoms with E-state index >= 15 is 0 Å². The molecule has 4 rings (SSSR count). The Labute approximate surface area is 199 Å². The molecule has 3 aromatic rings. The minimum Gasteiger partial charge on any atom is -0.485 e. The third-order valence-electron chi connectivity index (χ3n) is 5.04. The van der Waals surface area contributed by atoms with E-state index in [4.69, 9.17) is 14.2 Å². The molecule has 0 saturated heterocycles. The number of aryl methyl sites for hydroxylation is 1. The number of halogens is 2. The highest BCUT2D eigenvalue weighted by Crippen LogP contribution is 2.30. The average molecular weight is 487 g/mol. The summed E-state index contributed by atoms with van der Waals surface area (Å²) in [4.78, 5) is 31.0. The third-order valence-corrected chi connectivity index (χ3v) is 5.04. The molecule has 1 aliphatic heterocycles. The Balaban J connectivity index is 1.63. The number of carbonyl (C=O) groups is 2. The first-order chi connectivity index (χ1) is 16.9. The van der Waals surface area contributed by atoms with Gasteiger partial charge in [-0.1, -0.05) is 0 Å². The maximum absolute atomic E-state index is 13.1. The van der Waals surface area contributed by atoms with Crippen molar-refractivity contribution < 1.29 is 32.6 Å². The normalized spacial score (nSPS) is 13.2. The Kier molecular flexibility index (Phi) is 7.09. The monoisotopic (exact) mass is 487 g/mol. The van der Waals surface area contributed by atoms with Gasteiger partial charge in [-0.3, -0.25) is 14.3 Å². The van der Waals surface area contributed by atoms with Crippen LogP contribution in [0.25, 0.3) is 0 Å². The predicted molar refractivity (Wildman–Crippen MR) is 121 cm³/mol. The molecule has 2 amide bonds. The van der Waals surface area contributed by atoms with Gasteiger partial charge in [-0.05, 0) is 18.2 Å². The molecule has 184 valence electrons. The maximum atomic E-state index is 13.1. The second kappa shape index (κ2) is 10.4. The summed E-state index contributed by atoms with van der Waals surface area (Å²) in [5.74, 6) is -0.108. The fraction of sp³-hybridized carbons (Fsp3) is 0.304. The zero-order valence-electron chi connectivity index (χ0n) is 19.0. The molecule has 0 spiro atoms. The van der Waals surface area contributed by atoms with Gasteiger partial charge in [0.1, 0.15) is 37.0 Å². The van der Waals surface area contributed by atoms with Crippen LogP contribution >= 0.6 is 0 Å². The number of hydrogen-bond acceptors (Lipinski definition) is 7. The van der Waals surface area contributed by atoms with Crippen LogP contribution in [0.4, 0.5) is 14.6 Å². The lowest BCUT2D eigenvalue weighted by Crippen LogP contribution is -2.27. The molecule has 0 bridgehead atoms. The van der Waals surface area contributed by atoms with Crippen LogP contribution in [0.2, 0.25) is 0 Å². The quantitative estimate of drug-likeness (QED) is 0.520. The Morgan fingerprint density at radius 3 is 2.66 bits per heavy atom. The summed E-state index contributed by atoms with van der Waals surface area (Å²) < 4.78 is 44.3. The van der Waals surface area contributed by atoms with E-state index in [0.29, 0.717) is 17.9 Å². The summed E-state index contributed by atoms with van der Waals surface area (Å²) in [6.45, 7) is -1.43. The van der Waals surface area contributed by atoms with Crippen LogP contribution in [0.3, 0.4) is 0 Å². The number of benzene rings is 1. The molecule has 35 heavy (non-hydrogen) atoms. The number of ether oxygens (including phenoxy) is 3. The predicted octanol–water partition coefficient (Wildman–Crippen LogP) is 3.01. The van der Waals surface area contributed by atoms with Crippen molar-refractivity contribution in [3.8, 4) is 23.3 Å². The summed E-state index contributed by atoms with van der Waals surface area (Å²) in [5.41, 5.74) is 0.390. The second-order valence-electron chi connectivity index (χ2n) is 7.75. The molecular weight excluding hydrogens is 464 g/mol. The van der Waals surface area contributed by atoms with Gasteiger partial charge < -0.3 is 24.4 Å². The van der Waals surface area contributed by atoms with Gasteiger partial charge in [-0.15, -0.1) is 0 Å². The summed E-state index contributed by atoms with van der Waals surface area (Å²) >= 11 is 0. The maximum Gasteiger partial charge on any atom is 0.259 e. The molecule has 1 N–H and O–H groups in total. The van der Waals surface area contributed by atoms with Gasteiger partial charge in [0.05, 0.1) is 6.54 Å². The molecule has 10 nitrogen and oxygen atoms in total. The highest BCUT2D eigenvalue weighted by molar-refractivity contribution is 6.04. The Bertz CT molecular complexity index is 1230. The molecule has 2 aromatic heterocycles. The Hall–Kier alpha value is -4.22. The van der Waals surface area contributed by atoms with Crippen LogP contribution in [0.1, 0.15) is 20.7 Å². The van der Waals surface area contributed by atoms with Crippen LogP contribution in [0, 0.1) is 0 Å². The van der Waals surface area contributed by atoms with E-state index < -0.39 is 25.4 Å². The van der Waals surface area contributed by atoms with Crippen molar-refractivity contribution in [2.75, 3.05) is 38.9 Å². The number of anilines is 1. The topological polar surface area (TPSA) is 108 Å². The van der Waals surface area contributed by atoms with E-state index in [0.717, 1.165) is 0 Å². The number of alkyl halides is 2. The Morgan fingerprint density at radius 2 is 1.94 bits per heavy atom. The molecule has 0 unspecified atom stereocenters. The third kappa shape index (κ3) is 5.65. The highest BCUT2D eigenvalue weighted by Gasteiger charge is 2.23. The van der Waals surface area contributed by atoms with Gasteiger partial charge in [0, 0.05) is 44.1 Å². The van der Waals surface area contributed by atoms with Gasteiger partial charge in [-0.25, -0.2) is 8.78 Å². The lowest BCUT2D eigenvalue weighted by Gasteiger charge is -2.15. The van der Waals surface area contributed by atoms with Gasteiger partial charge in [-0.2, -0.15) is 10.1 Å². The fourth-order valence-corrected chi connectivity index (χ4v) is 3.26. The van der Waals surface area contributed by atoms with Crippen molar-refractivity contribution in [1.29, 1.82) is 0 Å². The molecule has 0 fully saturated rings. The second-order valence-corrected chi connectivity index (χ2v) is 7.75. The van der Waals surface area contributed by atoms with E-state index in [1.54, 1.807) is 26.4 Å². The standard InChI is InChI=1S/C23H23F2N5O5/c1-29-7-8-33-22-18(23(29)32)3-4-20(27-22)35-16-10-14(9-15(11-16)34-17(12-24)13-25)21(31)26-19-5-6-30(2)28-19/h3-6,9-11,17H,7-8,12-13H2,1-2H3,(H,26,28,31). The number of carbonyl (C=O) groups excluding carboxylic acids is 2. The number of nitrogens with one attached hydrogen (secondary N) is 1. The zero-order valence-corrected chi connectivity index (χ0v) is 19.0. The molecule has 0 radical (unpaired) electrons. The number of nitrogens with zero attached hydrogens (tertiary/aromatic N) is 4. The largest absolute Gasteiger partial charge is 0.485 e. The number of amides is 2. The number of likely N-dealkylation sites (N-methyl/N-ethyl adjacent to an activating group) is 1. The van der Waals surface area contributed by atoms with Gasteiger partial charge in [0.25, 0.3) is 11.8 Å². The number of hydrogen-bond donors (Lipinski definition) is 1. The smallest absolute Gasteiger partial charge is 0.259 e. The van der Waals surface area contributed by atoms with Crippen molar-refractivity contribution in [3.05, 3.63) is 53.7 Å². The van der Waals surface area contributed by atoms with E-state index in [9.17, 15) is 18.4 Å². The van der Waals surface area contributed by atoms with Gasteiger partial charge in [0.15, 0.2) is 11.9 Å². The first-order valence-corrected chi connectivity index (χ1v) is 10.7. The number of rotatable bonds is 8. The first-order valence-electron chi connectivity index (χ1n) is 10.7. The van der Waals surface area contributed by atoms with Gasteiger partial charge in [0.2, 0.25) is 11.8 Å². The SMILES string of the molecule is CN1CCOc2nc(Oc3cc(OC(CF)CF)cc(C(=O)Nc4ccn(C)n4)c3)ccc2C1=O. The van der Waals surface area contributed by atoms with E-state index in [1.165, 1.54) is 39.9 Å². The fourth-order valence-electron chi connectivity index (χ4n) is 3.26. The van der Waals surface area contributed by atoms with E-state index in [1.807, 2.05) is 0 Å². The lowest BCUT2D eigenvalue weighted by molar-refractivity contribution is 0.0796.